The topological polar surface area (TPSA) is 43.4 Å². The molecule has 0 amide bonds. The molecule has 0 unspecified atom stereocenters. The first-order chi connectivity index (χ1) is 9.80. The molecule has 0 atom stereocenters. The van der Waals surface area contributed by atoms with Crippen LogP contribution in [0.4, 0.5) is 0 Å². The maximum Gasteiger partial charge on any atom is 0.131 e. The molecular formula is C15H18N2O2S. The number of benzene rings is 1. The average molecular weight is 290 g/mol. The Bertz CT molecular complexity index is 593. The van der Waals surface area contributed by atoms with Crippen molar-refractivity contribution in [2.24, 2.45) is 0 Å². The van der Waals surface area contributed by atoms with Crippen LogP contribution in [-0.4, -0.2) is 25.2 Å². The smallest absolute Gasteiger partial charge is 0.131 e. The zero-order valence-electron chi connectivity index (χ0n) is 11.7. The van der Waals surface area contributed by atoms with Gasteiger partial charge >= 0.3 is 0 Å². The van der Waals surface area contributed by atoms with Crippen LogP contribution in [0.3, 0.4) is 0 Å². The first-order valence-corrected chi connectivity index (χ1v) is 7.58. The van der Waals surface area contributed by atoms with Crippen LogP contribution in [0.1, 0.15) is 17.8 Å². The number of thiazole rings is 1. The lowest BCUT2D eigenvalue weighted by molar-refractivity contribution is 0.395. The Balaban J connectivity index is 1.80. The monoisotopic (exact) mass is 290 g/mol. The summed E-state index contributed by atoms with van der Waals surface area (Å²) in [6.45, 7) is 0.855. The molecule has 1 aromatic carbocycles. The summed E-state index contributed by atoms with van der Waals surface area (Å²) in [5, 5.41) is 6.67. The largest absolute Gasteiger partial charge is 0.497 e. The Morgan fingerprint density at radius 2 is 2.15 bits per heavy atom. The van der Waals surface area contributed by atoms with E-state index in [4.69, 9.17) is 9.47 Å². The molecule has 5 heteroatoms. The highest BCUT2D eigenvalue weighted by molar-refractivity contribution is 7.09. The van der Waals surface area contributed by atoms with E-state index >= 15 is 0 Å². The second-order valence-corrected chi connectivity index (χ2v) is 5.79. The fourth-order valence-corrected chi connectivity index (χ4v) is 2.79. The van der Waals surface area contributed by atoms with Crippen molar-refractivity contribution in [1.82, 2.24) is 10.3 Å². The van der Waals surface area contributed by atoms with E-state index in [0.29, 0.717) is 6.04 Å². The molecule has 3 rings (SSSR count). The van der Waals surface area contributed by atoms with Gasteiger partial charge in [0.1, 0.15) is 16.5 Å². The molecule has 1 N–H and O–H groups in total. The third-order valence-corrected chi connectivity index (χ3v) is 4.20. The molecule has 0 saturated heterocycles. The van der Waals surface area contributed by atoms with Crippen molar-refractivity contribution >= 4 is 11.3 Å². The fraction of sp³-hybridized carbons (Fsp3) is 0.400. The van der Waals surface area contributed by atoms with Crippen LogP contribution < -0.4 is 14.8 Å². The van der Waals surface area contributed by atoms with Crippen molar-refractivity contribution in [3.63, 3.8) is 0 Å². The molecule has 20 heavy (non-hydrogen) atoms. The molecule has 1 aromatic heterocycles. The molecule has 1 saturated carbocycles. The minimum absolute atomic E-state index is 0.706. The number of rotatable bonds is 6. The van der Waals surface area contributed by atoms with Gasteiger partial charge in [0.25, 0.3) is 0 Å². The third-order valence-electron chi connectivity index (χ3n) is 3.36. The molecular weight excluding hydrogens is 272 g/mol. The van der Waals surface area contributed by atoms with Crippen LogP contribution in [0.15, 0.2) is 23.6 Å². The highest BCUT2D eigenvalue weighted by Gasteiger charge is 2.20. The van der Waals surface area contributed by atoms with Gasteiger partial charge in [-0.3, -0.25) is 0 Å². The summed E-state index contributed by atoms with van der Waals surface area (Å²) >= 11 is 1.68. The van der Waals surface area contributed by atoms with Gasteiger partial charge in [-0.05, 0) is 25.0 Å². The Morgan fingerprint density at radius 3 is 2.85 bits per heavy atom. The van der Waals surface area contributed by atoms with E-state index in [1.807, 2.05) is 18.2 Å². The van der Waals surface area contributed by atoms with Gasteiger partial charge in [0.15, 0.2) is 0 Å². The minimum atomic E-state index is 0.706. The van der Waals surface area contributed by atoms with Crippen LogP contribution >= 0.6 is 11.3 Å². The lowest BCUT2D eigenvalue weighted by Gasteiger charge is -2.08. The van der Waals surface area contributed by atoms with Gasteiger partial charge in [-0.15, -0.1) is 11.3 Å². The second kappa shape index (κ2) is 5.81. The van der Waals surface area contributed by atoms with E-state index in [1.54, 1.807) is 25.6 Å². The van der Waals surface area contributed by atoms with Crippen LogP contribution in [0, 0.1) is 0 Å². The molecule has 4 nitrogen and oxygen atoms in total. The molecule has 1 heterocycles. The quantitative estimate of drug-likeness (QED) is 0.888. The van der Waals surface area contributed by atoms with Crippen LogP contribution in [0.5, 0.6) is 11.5 Å². The van der Waals surface area contributed by atoms with Gasteiger partial charge in [-0.1, -0.05) is 0 Å². The predicted octanol–water partition coefficient (Wildman–Crippen LogP) is 3.08. The number of nitrogens with zero attached hydrogens (tertiary/aromatic N) is 1. The lowest BCUT2D eigenvalue weighted by atomic mass is 10.1. The van der Waals surface area contributed by atoms with Gasteiger partial charge < -0.3 is 14.8 Å². The maximum atomic E-state index is 5.43. The van der Waals surface area contributed by atoms with Gasteiger partial charge in [-0.25, -0.2) is 4.98 Å². The first kappa shape index (κ1) is 13.4. The number of nitrogens with one attached hydrogen (secondary N) is 1. The average Bonchev–Trinajstić information content (AvgIpc) is 3.21. The zero-order valence-corrected chi connectivity index (χ0v) is 12.5. The predicted molar refractivity (Wildman–Crippen MR) is 80.5 cm³/mol. The Labute approximate surface area is 122 Å². The van der Waals surface area contributed by atoms with E-state index in [-0.39, 0.29) is 0 Å². The lowest BCUT2D eigenvalue weighted by Crippen LogP contribution is -2.14. The molecule has 0 aliphatic heterocycles. The normalized spacial score (nSPS) is 14.3. The van der Waals surface area contributed by atoms with Crippen LogP contribution in [-0.2, 0) is 6.54 Å². The number of hydrogen-bond donors (Lipinski definition) is 1. The van der Waals surface area contributed by atoms with Crippen molar-refractivity contribution in [2.45, 2.75) is 25.4 Å². The third kappa shape index (κ3) is 2.94. The molecule has 0 spiro atoms. The Hall–Kier alpha value is -1.59. The first-order valence-electron chi connectivity index (χ1n) is 6.70. The highest BCUT2D eigenvalue weighted by atomic mass is 32.1. The number of aromatic nitrogens is 1. The van der Waals surface area contributed by atoms with E-state index in [2.05, 4.69) is 15.7 Å². The van der Waals surface area contributed by atoms with Crippen molar-refractivity contribution in [3.05, 3.63) is 28.6 Å². The molecule has 1 aliphatic rings. The number of ether oxygens (including phenoxy) is 2. The fourth-order valence-electron chi connectivity index (χ4n) is 2.05. The molecule has 1 aliphatic carbocycles. The summed E-state index contributed by atoms with van der Waals surface area (Å²) in [6, 6.07) is 6.51. The van der Waals surface area contributed by atoms with Gasteiger partial charge in [0, 0.05) is 29.6 Å². The number of hydrogen-bond acceptors (Lipinski definition) is 5. The maximum absolute atomic E-state index is 5.43. The zero-order chi connectivity index (χ0) is 13.9. The van der Waals surface area contributed by atoms with E-state index < -0.39 is 0 Å². The van der Waals surface area contributed by atoms with Crippen molar-refractivity contribution in [1.29, 1.82) is 0 Å². The standard InChI is InChI=1S/C15H18N2O2S/c1-18-11-5-6-12(14(7-11)19-2)13-9-20-15(17-13)8-16-10-3-4-10/h5-7,9-10,16H,3-4,8H2,1-2H3. The highest BCUT2D eigenvalue weighted by Crippen LogP contribution is 2.33. The van der Waals surface area contributed by atoms with E-state index in [9.17, 15) is 0 Å². The summed E-state index contributed by atoms with van der Waals surface area (Å²) in [4.78, 5) is 4.68. The van der Waals surface area contributed by atoms with Gasteiger partial charge in [0.2, 0.25) is 0 Å². The van der Waals surface area contributed by atoms with E-state index in [0.717, 1.165) is 34.3 Å². The second-order valence-electron chi connectivity index (χ2n) is 4.85. The van der Waals surface area contributed by atoms with E-state index in [1.165, 1.54) is 12.8 Å². The van der Waals surface area contributed by atoms with Crippen LogP contribution in [0.2, 0.25) is 0 Å². The summed E-state index contributed by atoms with van der Waals surface area (Å²) in [6.07, 6.45) is 2.59. The van der Waals surface area contributed by atoms with Crippen molar-refractivity contribution < 1.29 is 9.47 Å². The Morgan fingerprint density at radius 1 is 1.30 bits per heavy atom. The molecule has 2 aromatic rings. The van der Waals surface area contributed by atoms with Gasteiger partial charge in [-0.2, -0.15) is 0 Å². The summed E-state index contributed by atoms with van der Waals surface area (Å²) in [7, 11) is 3.32. The molecule has 0 bridgehead atoms. The summed E-state index contributed by atoms with van der Waals surface area (Å²) < 4.78 is 10.6. The van der Waals surface area contributed by atoms with Crippen molar-refractivity contribution in [3.8, 4) is 22.8 Å². The van der Waals surface area contributed by atoms with Crippen LogP contribution in [0.25, 0.3) is 11.3 Å². The molecule has 106 valence electrons. The number of methoxy groups -OCH3 is 2. The molecule has 1 fully saturated rings. The Kier molecular flexibility index (Phi) is 3.89. The summed E-state index contributed by atoms with van der Waals surface area (Å²) in [5.41, 5.74) is 1.96. The van der Waals surface area contributed by atoms with Gasteiger partial charge in [0.05, 0.1) is 19.9 Å². The van der Waals surface area contributed by atoms with Crippen molar-refractivity contribution in [2.75, 3.05) is 14.2 Å². The molecule has 0 radical (unpaired) electrons. The minimum Gasteiger partial charge on any atom is -0.497 e. The summed E-state index contributed by atoms with van der Waals surface area (Å²) in [5.74, 6) is 1.58. The SMILES string of the molecule is COc1ccc(-c2csc(CNC3CC3)n2)c(OC)c1.